The van der Waals surface area contributed by atoms with Gasteiger partial charge in [-0.2, -0.15) is 5.01 Å². The Labute approximate surface area is 165 Å². The molecule has 28 heavy (non-hydrogen) atoms. The van der Waals surface area contributed by atoms with Crippen molar-refractivity contribution in [2.45, 2.75) is 51.9 Å². The number of nitrogens with zero attached hydrogens (tertiary/aromatic N) is 1. The predicted octanol–water partition coefficient (Wildman–Crippen LogP) is 2.42. The minimum absolute atomic E-state index is 0.0547. The molecule has 0 spiro atoms. The van der Waals surface area contributed by atoms with Crippen LogP contribution in [0, 0.1) is 5.92 Å². The van der Waals surface area contributed by atoms with Gasteiger partial charge in [0.05, 0.1) is 12.6 Å². The summed E-state index contributed by atoms with van der Waals surface area (Å²) in [5.41, 5.74) is 3.67. The first-order valence-electron chi connectivity index (χ1n) is 9.52. The summed E-state index contributed by atoms with van der Waals surface area (Å²) >= 11 is 0. The molecule has 8 nitrogen and oxygen atoms in total. The van der Waals surface area contributed by atoms with Gasteiger partial charge in [-0.1, -0.05) is 44.2 Å². The first kappa shape index (κ1) is 21.8. The number of hydrogen-bond acceptors (Lipinski definition) is 7. The number of hydrogen-bond donors (Lipinski definition) is 1. The van der Waals surface area contributed by atoms with Crippen LogP contribution in [-0.2, 0) is 30.2 Å². The maximum Gasteiger partial charge on any atom is 0.421 e. The Morgan fingerprint density at radius 2 is 2.11 bits per heavy atom. The summed E-state index contributed by atoms with van der Waals surface area (Å²) in [4.78, 5) is 34.5. The van der Waals surface area contributed by atoms with E-state index >= 15 is 0 Å². The molecule has 0 aliphatic carbocycles. The van der Waals surface area contributed by atoms with Gasteiger partial charge >= 0.3 is 12.1 Å². The Kier molecular flexibility index (Phi) is 8.90. The van der Waals surface area contributed by atoms with E-state index in [-0.39, 0.29) is 31.3 Å². The van der Waals surface area contributed by atoms with Crippen LogP contribution in [0.4, 0.5) is 4.79 Å². The van der Waals surface area contributed by atoms with E-state index in [0.717, 1.165) is 11.8 Å². The van der Waals surface area contributed by atoms with Crippen LogP contribution in [0.2, 0.25) is 0 Å². The molecule has 1 aliphatic rings. The summed E-state index contributed by atoms with van der Waals surface area (Å²) in [6.45, 7) is 3.92. The maximum absolute atomic E-state index is 12.1. The number of carbonyl (C=O) groups is 3. The molecule has 1 aromatic carbocycles. The zero-order valence-electron chi connectivity index (χ0n) is 16.3. The Balaban J connectivity index is 1.98. The fourth-order valence-corrected chi connectivity index (χ4v) is 2.79. The van der Waals surface area contributed by atoms with Crippen molar-refractivity contribution in [3.63, 3.8) is 0 Å². The highest BCUT2D eigenvalue weighted by molar-refractivity contribution is 5.69. The van der Waals surface area contributed by atoms with E-state index in [9.17, 15) is 14.4 Å². The van der Waals surface area contributed by atoms with E-state index in [4.69, 9.17) is 14.2 Å². The van der Waals surface area contributed by atoms with Gasteiger partial charge in [-0.05, 0) is 24.3 Å². The molecule has 0 bridgehead atoms. The second kappa shape index (κ2) is 11.4. The van der Waals surface area contributed by atoms with Crippen LogP contribution in [0.3, 0.4) is 0 Å². The summed E-state index contributed by atoms with van der Waals surface area (Å²) in [7, 11) is 0. The van der Waals surface area contributed by atoms with Crippen molar-refractivity contribution in [1.29, 1.82) is 0 Å². The van der Waals surface area contributed by atoms with Crippen molar-refractivity contribution in [3.05, 3.63) is 35.9 Å². The van der Waals surface area contributed by atoms with Crippen LogP contribution in [-0.4, -0.2) is 49.0 Å². The standard InChI is InChI=1S/C20H28N2O6/c1-3-7-18(24)28-19-17(12-16-8-5-4-6-9-16)22(14-27-19)21-20(25)26-13-15(2)10-11-23/h4-6,8-9,11,15,17,19H,3,7,10,12-14H2,1-2H3,(H,21,25). The number of aldehydes is 1. The van der Waals surface area contributed by atoms with Crippen molar-refractivity contribution >= 4 is 18.3 Å². The van der Waals surface area contributed by atoms with E-state index in [2.05, 4.69) is 5.43 Å². The zero-order chi connectivity index (χ0) is 20.4. The van der Waals surface area contributed by atoms with Crippen LogP contribution < -0.4 is 5.43 Å². The molecule has 1 aromatic rings. The minimum Gasteiger partial charge on any atom is -0.448 e. The third kappa shape index (κ3) is 6.94. The second-order valence-electron chi connectivity index (χ2n) is 6.85. The SMILES string of the molecule is CCCC(=O)OC1OCN(NC(=O)OCC(C)CC=O)C1Cc1ccccc1. The summed E-state index contributed by atoms with van der Waals surface area (Å²) in [5, 5.41) is 1.57. The topological polar surface area (TPSA) is 94.2 Å². The molecular weight excluding hydrogens is 364 g/mol. The molecule has 8 heteroatoms. The van der Waals surface area contributed by atoms with E-state index in [1.807, 2.05) is 44.2 Å². The van der Waals surface area contributed by atoms with E-state index in [1.165, 1.54) is 0 Å². The van der Waals surface area contributed by atoms with Crippen molar-refractivity contribution in [2.24, 2.45) is 5.92 Å². The molecule has 1 fully saturated rings. The largest absolute Gasteiger partial charge is 0.448 e. The molecule has 1 N–H and O–H groups in total. The van der Waals surface area contributed by atoms with Gasteiger partial charge in [0.15, 0.2) is 0 Å². The number of ether oxygens (including phenoxy) is 3. The fourth-order valence-electron chi connectivity index (χ4n) is 2.79. The highest BCUT2D eigenvalue weighted by Gasteiger charge is 2.39. The van der Waals surface area contributed by atoms with Gasteiger partial charge in [-0.3, -0.25) is 10.2 Å². The summed E-state index contributed by atoms with van der Waals surface area (Å²) in [6, 6.07) is 9.29. The first-order valence-corrected chi connectivity index (χ1v) is 9.52. The van der Waals surface area contributed by atoms with Crippen LogP contribution in [0.1, 0.15) is 38.7 Å². The summed E-state index contributed by atoms with van der Waals surface area (Å²) in [5.74, 6) is -0.390. The molecule has 3 unspecified atom stereocenters. The molecule has 0 saturated carbocycles. The molecule has 0 radical (unpaired) electrons. The van der Waals surface area contributed by atoms with E-state index < -0.39 is 12.4 Å². The number of hydrazine groups is 1. The molecule has 1 amide bonds. The first-order chi connectivity index (χ1) is 13.5. The number of amides is 1. The number of rotatable bonds is 10. The van der Waals surface area contributed by atoms with Gasteiger partial charge in [0.1, 0.15) is 13.0 Å². The summed E-state index contributed by atoms with van der Waals surface area (Å²) in [6.07, 6.45) is 1.21. The average Bonchev–Trinajstić information content (AvgIpc) is 3.02. The smallest absolute Gasteiger partial charge is 0.421 e. The molecule has 154 valence electrons. The van der Waals surface area contributed by atoms with E-state index in [0.29, 0.717) is 25.7 Å². The molecular formula is C20H28N2O6. The summed E-state index contributed by atoms with van der Waals surface area (Å²) < 4.78 is 16.2. The quantitative estimate of drug-likeness (QED) is 0.483. The Hall–Kier alpha value is -2.45. The van der Waals surface area contributed by atoms with E-state index in [1.54, 1.807) is 5.01 Å². The number of carbonyl (C=O) groups excluding carboxylic acids is 3. The molecule has 0 aromatic heterocycles. The maximum atomic E-state index is 12.1. The van der Waals surface area contributed by atoms with Gasteiger partial charge in [0.2, 0.25) is 6.29 Å². The van der Waals surface area contributed by atoms with Gasteiger partial charge in [-0.15, -0.1) is 0 Å². The minimum atomic E-state index is -0.784. The Bertz CT molecular complexity index is 639. The van der Waals surface area contributed by atoms with Gasteiger partial charge in [0.25, 0.3) is 0 Å². The Morgan fingerprint density at radius 3 is 2.79 bits per heavy atom. The molecule has 1 heterocycles. The van der Waals surface area contributed by atoms with Crippen LogP contribution in [0.15, 0.2) is 30.3 Å². The van der Waals surface area contributed by atoms with Crippen LogP contribution in [0.25, 0.3) is 0 Å². The van der Waals surface area contributed by atoms with Crippen molar-refractivity contribution in [1.82, 2.24) is 10.4 Å². The van der Waals surface area contributed by atoms with Crippen molar-refractivity contribution in [3.8, 4) is 0 Å². The highest BCUT2D eigenvalue weighted by atomic mass is 16.7. The van der Waals surface area contributed by atoms with Crippen LogP contribution >= 0.6 is 0 Å². The van der Waals surface area contributed by atoms with Crippen LogP contribution in [0.5, 0.6) is 0 Å². The third-order valence-corrected chi connectivity index (χ3v) is 4.31. The zero-order valence-corrected chi connectivity index (χ0v) is 16.3. The van der Waals surface area contributed by atoms with Gasteiger partial charge < -0.3 is 19.0 Å². The third-order valence-electron chi connectivity index (χ3n) is 4.31. The number of esters is 1. The van der Waals surface area contributed by atoms with Crippen molar-refractivity contribution < 1.29 is 28.6 Å². The highest BCUT2D eigenvalue weighted by Crippen LogP contribution is 2.21. The second-order valence-corrected chi connectivity index (χ2v) is 6.85. The normalized spacial score (nSPS) is 20.4. The molecule has 1 aliphatic heterocycles. The monoisotopic (exact) mass is 392 g/mol. The molecule has 1 saturated heterocycles. The van der Waals surface area contributed by atoms with Crippen molar-refractivity contribution in [2.75, 3.05) is 13.3 Å². The lowest BCUT2D eigenvalue weighted by Crippen LogP contribution is -2.49. The Morgan fingerprint density at radius 1 is 1.36 bits per heavy atom. The lowest BCUT2D eigenvalue weighted by atomic mass is 10.1. The average molecular weight is 392 g/mol. The van der Waals surface area contributed by atoms with Gasteiger partial charge in [0, 0.05) is 12.8 Å². The molecule has 3 atom stereocenters. The number of benzene rings is 1. The lowest BCUT2D eigenvalue weighted by Gasteiger charge is -2.25. The lowest BCUT2D eigenvalue weighted by molar-refractivity contribution is -0.171. The predicted molar refractivity (Wildman–Crippen MR) is 101 cm³/mol. The number of nitrogens with one attached hydrogen (secondary N) is 1. The van der Waals surface area contributed by atoms with Gasteiger partial charge in [-0.25, -0.2) is 4.79 Å². The fraction of sp³-hybridized carbons (Fsp3) is 0.550. The molecule has 2 rings (SSSR count).